The molecule has 1 amide bonds. The minimum Gasteiger partial charge on any atom is -0.480 e. The van der Waals surface area contributed by atoms with Crippen molar-refractivity contribution in [1.29, 1.82) is 0 Å². The first-order chi connectivity index (χ1) is 8.52. The average molecular weight is 273 g/mol. The smallest absolute Gasteiger partial charge is 0.408 e. The molecule has 0 fully saturated rings. The molecule has 1 atom stereocenters. The van der Waals surface area contributed by atoms with Gasteiger partial charge in [0.25, 0.3) is 0 Å². The molecule has 19 heavy (non-hydrogen) atoms. The summed E-state index contributed by atoms with van der Waals surface area (Å²) in [5.74, 6) is -1.29. The first kappa shape index (κ1) is 17.4. The van der Waals surface area contributed by atoms with Crippen molar-refractivity contribution in [3.63, 3.8) is 0 Å². The number of carbonyl (C=O) groups excluding carboxylic acids is 2. The quantitative estimate of drug-likeness (QED) is 0.773. The normalized spacial score (nSPS) is 14.4. The molecule has 2 N–H and O–H groups in total. The first-order valence-electron chi connectivity index (χ1n) is 6.26. The van der Waals surface area contributed by atoms with E-state index in [1.807, 2.05) is 0 Å². The van der Waals surface area contributed by atoms with E-state index in [2.05, 4.69) is 5.32 Å². The van der Waals surface area contributed by atoms with Crippen LogP contribution in [0.4, 0.5) is 4.79 Å². The number of aliphatic carboxylic acids is 1. The predicted octanol–water partition coefficient (Wildman–Crippen LogP) is 2.11. The predicted molar refractivity (Wildman–Crippen MR) is 69.9 cm³/mol. The summed E-state index contributed by atoms with van der Waals surface area (Å²) in [6.45, 7) is 8.10. The number of hydrogen-bond acceptors (Lipinski definition) is 4. The van der Waals surface area contributed by atoms with Gasteiger partial charge in [0.2, 0.25) is 0 Å². The number of Topliss-reactive ketones (excluding diaryl/α,β-unsaturated/α-hetero) is 1. The minimum absolute atomic E-state index is 0.0490. The maximum absolute atomic E-state index is 11.7. The van der Waals surface area contributed by atoms with E-state index in [1.165, 1.54) is 6.92 Å². The highest BCUT2D eigenvalue weighted by Gasteiger charge is 2.39. The van der Waals surface area contributed by atoms with Crippen molar-refractivity contribution in [1.82, 2.24) is 5.32 Å². The maximum Gasteiger partial charge on any atom is 0.408 e. The van der Waals surface area contributed by atoms with E-state index in [1.54, 1.807) is 27.7 Å². The number of ether oxygens (including phenoxy) is 1. The monoisotopic (exact) mass is 273 g/mol. The third-order valence-electron chi connectivity index (χ3n) is 2.66. The van der Waals surface area contributed by atoms with E-state index in [0.29, 0.717) is 0 Å². The lowest BCUT2D eigenvalue weighted by Gasteiger charge is -2.30. The molecule has 0 rings (SSSR count). The Morgan fingerprint density at radius 3 is 2.05 bits per heavy atom. The number of nitrogens with one attached hydrogen (secondary N) is 1. The Morgan fingerprint density at radius 2 is 1.74 bits per heavy atom. The zero-order chi connectivity index (χ0) is 15.3. The lowest BCUT2D eigenvalue weighted by Crippen LogP contribution is -2.55. The van der Waals surface area contributed by atoms with Crippen LogP contribution in [0.2, 0.25) is 0 Å². The van der Waals surface area contributed by atoms with Gasteiger partial charge in [-0.2, -0.15) is 0 Å². The number of alkyl carbamates (subject to hydrolysis) is 1. The minimum atomic E-state index is -1.46. The summed E-state index contributed by atoms with van der Waals surface area (Å²) in [5, 5.41) is 11.7. The fourth-order valence-electron chi connectivity index (χ4n) is 1.53. The van der Waals surface area contributed by atoms with Crippen molar-refractivity contribution < 1.29 is 24.2 Å². The Balaban J connectivity index is 4.90. The molecule has 0 aromatic carbocycles. The molecule has 0 aromatic rings. The summed E-state index contributed by atoms with van der Waals surface area (Å²) >= 11 is 0. The highest BCUT2D eigenvalue weighted by atomic mass is 16.6. The van der Waals surface area contributed by atoms with E-state index < -0.39 is 23.2 Å². The average Bonchev–Trinajstić information content (AvgIpc) is 2.20. The molecule has 0 aromatic heterocycles. The van der Waals surface area contributed by atoms with Crippen molar-refractivity contribution in [3.8, 4) is 0 Å². The summed E-state index contributed by atoms with van der Waals surface area (Å²) in [6.07, 6.45) is -0.474. The first-order valence-corrected chi connectivity index (χ1v) is 6.26. The molecule has 0 saturated carbocycles. The Morgan fingerprint density at radius 1 is 1.21 bits per heavy atom. The second kappa shape index (κ2) is 6.54. The fourth-order valence-corrected chi connectivity index (χ4v) is 1.53. The van der Waals surface area contributed by atoms with Crippen LogP contribution in [0.25, 0.3) is 0 Å². The molecule has 6 heteroatoms. The lowest BCUT2D eigenvalue weighted by molar-refractivity contribution is -0.145. The number of ketones is 1. The Hall–Kier alpha value is -1.59. The molecule has 0 radical (unpaired) electrons. The molecule has 0 aliphatic carbocycles. The summed E-state index contributed by atoms with van der Waals surface area (Å²) in [4.78, 5) is 34.1. The van der Waals surface area contributed by atoms with Gasteiger partial charge in [0.15, 0.2) is 0 Å². The van der Waals surface area contributed by atoms with Gasteiger partial charge < -0.3 is 20.0 Å². The second-order valence-corrected chi connectivity index (χ2v) is 5.57. The van der Waals surface area contributed by atoms with Gasteiger partial charge in [0, 0.05) is 6.42 Å². The van der Waals surface area contributed by atoms with E-state index in [-0.39, 0.29) is 25.0 Å². The van der Waals surface area contributed by atoms with E-state index in [0.717, 1.165) is 0 Å². The van der Waals surface area contributed by atoms with E-state index in [4.69, 9.17) is 4.74 Å². The lowest BCUT2D eigenvalue weighted by atomic mass is 9.90. The third-order valence-corrected chi connectivity index (χ3v) is 2.66. The summed E-state index contributed by atoms with van der Waals surface area (Å²) < 4.78 is 5.05. The Kier molecular flexibility index (Phi) is 5.99. The van der Waals surface area contributed by atoms with Gasteiger partial charge in [-0.3, -0.25) is 0 Å². The summed E-state index contributed by atoms with van der Waals surface area (Å²) in [7, 11) is 0. The highest BCUT2D eigenvalue weighted by molar-refractivity contribution is 5.85. The van der Waals surface area contributed by atoms with Crippen LogP contribution in [0, 0.1) is 0 Å². The molecule has 0 unspecified atom stereocenters. The number of amides is 1. The molecule has 0 saturated heterocycles. The molecule has 110 valence electrons. The van der Waals surface area contributed by atoms with Gasteiger partial charge in [-0.25, -0.2) is 9.59 Å². The zero-order valence-corrected chi connectivity index (χ0v) is 12.2. The van der Waals surface area contributed by atoms with Crippen LogP contribution >= 0.6 is 0 Å². The Bertz CT molecular complexity index is 359. The standard InChI is InChI=1S/C13H23NO5/c1-6-13(10(16)17,8-7-9(2)15)14-11(18)19-12(3,4)5/h6-8H2,1-5H3,(H,14,18)(H,16,17)/t13-/m0/s1. The van der Waals surface area contributed by atoms with Crippen molar-refractivity contribution in [3.05, 3.63) is 0 Å². The summed E-state index contributed by atoms with van der Waals surface area (Å²) in [6, 6.07) is 0. The van der Waals surface area contributed by atoms with Gasteiger partial charge in [-0.15, -0.1) is 0 Å². The van der Waals surface area contributed by atoms with Gasteiger partial charge in [-0.05, 0) is 40.5 Å². The maximum atomic E-state index is 11.7. The topological polar surface area (TPSA) is 92.7 Å². The van der Waals surface area contributed by atoms with Crippen LogP contribution in [-0.2, 0) is 14.3 Å². The highest BCUT2D eigenvalue weighted by Crippen LogP contribution is 2.19. The number of rotatable bonds is 6. The van der Waals surface area contributed by atoms with Gasteiger partial charge in [0.05, 0.1) is 0 Å². The fraction of sp³-hybridized carbons (Fsp3) is 0.769. The van der Waals surface area contributed by atoms with Crippen LogP contribution in [0.15, 0.2) is 0 Å². The van der Waals surface area contributed by atoms with Crippen LogP contribution in [0.3, 0.4) is 0 Å². The number of carboxylic acids is 1. The van der Waals surface area contributed by atoms with Crippen LogP contribution in [0.5, 0.6) is 0 Å². The largest absolute Gasteiger partial charge is 0.480 e. The van der Waals surface area contributed by atoms with E-state index in [9.17, 15) is 19.5 Å². The van der Waals surface area contributed by atoms with Gasteiger partial charge >= 0.3 is 12.1 Å². The number of hydrogen-bond donors (Lipinski definition) is 2. The van der Waals surface area contributed by atoms with E-state index >= 15 is 0 Å². The van der Waals surface area contributed by atoms with Crippen molar-refractivity contribution >= 4 is 17.8 Å². The molecule has 0 aliphatic heterocycles. The third kappa shape index (κ3) is 6.22. The van der Waals surface area contributed by atoms with Crippen molar-refractivity contribution in [2.45, 2.75) is 65.0 Å². The number of carboxylic acid groups (broad SMARTS) is 1. The van der Waals surface area contributed by atoms with Gasteiger partial charge in [-0.1, -0.05) is 6.92 Å². The SMILES string of the molecule is CC[C@@](CCC(C)=O)(NC(=O)OC(C)(C)C)C(=O)O. The molecular formula is C13H23NO5. The number of carbonyl (C=O) groups is 3. The second-order valence-electron chi connectivity index (χ2n) is 5.57. The van der Waals surface area contributed by atoms with Crippen LogP contribution in [-0.4, -0.2) is 34.1 Å². The molecule has 0 spiro atoms. The van der Waals surface area contributed by atoms with Crippen molar-refractivity contribution in [2.24, 2.45) is 0 Å². The molecule has 6 nitrogen and oxygen atoms in total. The summed E-state index contributed by atoms with van der Waals surface area (Å²) in [5.41, 5.74) is -2.17. The molecule has 0 aliphatic rings. The molecule has 0 bridgehead atoms. The Labute approximate surface area is 113 Å². The molecule has 0 heterocycles. The van der Waals surface area contributed by atoms with Gasteiger partial charge in [0.1, 0.15) is 16.9 Å². The molecular weight excluding hydrogens is 250 g/mol. The van der Waals surface area contributed by atoms with Crippen molar-refractivity contribution in [2.75, 3.05) is 0 Å². The van der Waals surface area contributed by atoms with Crippen LogP contribution in [0.1, 0.15) is 53.9 Å². The van der Waals surface area contributed by atoms with Crippen LogP contribution < -0.4 is 5.32 Å². The zero-order valence-electron chi connectivity index (χ0n) is 12.2.